The number of halogens is 1. The number of aromatic nitrogens is 2. The molecule has 0 N–H and O–H groups in total. The average molecular weight is 391 g/mol. The van der Waals surface area contributed by atoms with E-state index in [1.165, 1.54) is 23.5 Å². The summed E-state index contributed by atoms with van der Waals surface area (Å²) in [5, 5.41) is 0. The number of carbonyl (C=O) groups excluding carboxylic acids is 1. The number of hydrogen-bond donors (Lipinski definition) is 0. The van der Waals surface area contributed by atoms with Crippen LogP contribution in [-0.2, 0) is 9.47 Å². The number of ether oxygens (including phenoxy) is 2. The Morgan fingerprint density at radius 3 is 2.37 bits per heavy atom. The fourth-order valence-electron chi connectivity index (χ4n) is 2.77. The van der Waals surface area contributed by atoms with Crippen LogP contribution >= 0.6 is 11.3 Å². The minimum atomic E-state index is -0.281. The van der Waals surface area contributed by atoms with Crippen molar-refractivity contribution in [1.29, 1.82) is 0 Å². The summed E-state index contributed by atoms with van der Waals surface area (Å²) in [4.78, 5) is 20.7. The van der Waals surface area contributed by atoms with Crippen molar-refractivity contribution in [3.05, 3.63) is 46.9 Å². The van der Waals surface area contributed by atoms with E-state index in [9.17, 15) is 9.18 Å². The van der Waals surface area contributed by atoms with Gasteiger partial charge in [-0.1, -0.05) is 11.3 Å². The quantitative estimate of drug-likeness (QED) is 0.592. The molecule has 0 spiro atoms. The van der Waals surface area contributed by atoms with Crippen molar-refractivity contribution in [2.75, 3.05) is 40.5 Å². The highest BCUT2D eigenvalue weighted by Crippen LogP contribution is 2.28. The van der Waals surface area contributed by atoms with Crippen molar-refractivity contribution >= 4 is 22.2 Å². The molecule has 0 radical (unpaired) electrons. The molecule has 2 aromatic heterocycles. The number of benzene rings is 1. The number of fused-ring (bicyclic) bond motifs is 1. The molecule has 1 amide bonds. The minimum absolute atomic E-state index is 0.0552. The number of amides is 1. The van der Waals surface area contributed by atoms with E-state index >= 15 is 0 Å². The molecule has 27 heavy (non-hydrogen) atoms. The van der Waals surface area contributed by atoms with Crippen LogP contribution in [0.1, 0.15) is 15.4 Å². The van der Waals surface area contributed by atoms with E-state index < -0.39 is 0 Å². The molecule has 144 valence electrons. The van der Waals surface area contributed by atoms with E-state index in [-0.39, 0.29) is 11.7 Å². The maximum Gasteiger partial charge on any atom is 0.266 e. The normalized spacial score (nSPS) is 11.3. The molecule has 0 saturated carbocycles. The third-order valence-electron chi connectivity index (χ3n) is 4.31. The zero-order valence-corrected chi connectivity index (χ0v) is 16.4. The predicted molar refractivity (Wildman–Crippen MR) is 103 cm³/mol. The van der Waals surface area contributed by atoms with Crippen LogP contribution in [0, 0.1) is 12.7 Å². The molecule has 0 bridgehead atoms. The van der Waals surface area contributed by atoms with Crippen molar-refractivity contribution in [2.45, 2.75) is 6.92 Å². The first-order valence-corrected chi connectivity index (χ1v) is 9.38. The van der Waals surface area contributed by atoms with Gasteiger partial charge in [0.2, 0.25) is 0 Å². The predicted octanol–water partition coefficient (Wildman–Crippen LogP) is 3.25. The topological polar surface area (TPSA) is 56.1 Å². The van der Waals surface area contributed by atoms with Crippen LogP contribution in [0.3, 0.4) is 0 Å². The summed E-state index contributed by atoms with van der Waals surface area (Å²) in [5.41, 5.74) is 2.42. The Balaban J connectivity index is 1.88. The number of thiazole rings is 1. The number of imidazole rings is 1. The van der Waals surface area contributed by atoms with Crippen molar-refractivity contribution in [2.24, 2.45) is 0 Å². The van der Waals surface area contributed by atoms with Crippen LogP contribution < -0.4 is 0 Å². The number of nitrogens with zero attached hydrogens (tertiary/aromatic N) is 3. The molecule has 0 aliphatic heterocycles. The largest absolute Gasteiger partial charge is 0.383 e. The number of methoxy groups -OCH3 is 2. The maximum absolute atomic E-state index is 13.1. The lowest BCUT2D eigenvalue weighted by molar-refractivity contribution is 0.0631. The molecule has 0 atom stereocenters. The summed E-state index contributed by atoms with van der Waals surface area (Å²) in [6.45, 7) is 3.83. The molecule has 1 aromatic carbocycles. The van der Waals surface area contributed by atoms with E-state index in [0.29, 0.717) is 31.2 Å². The van der Waals surface area contributed by atoms with Crippen molar-refractivity contribution in [1.82, 2.24) is 14.3 Å². The Hall–Kier alpha value is -2.29. The van der Waals surface area contributed by atoms with Crippen molar-refractivity contribution in [3.8, 4) is 11.3 Å². The highest BCUT2D eigenvalue weighted by atomic mass is 32.1. The Morgan fingerprint density at radius 2 is 1.81 bits per heavy atom. The summed E-state index contributed by atoms with van der Waals surface area (Å²) in [7, 11) is 3.22. The molecule has 0 aliphatic rings. The molecule has 3 rings (SSSR count). The summed E-state index contributed by atoms with van der Waals surface area (Å²) >= 11 is 1.35. The van der Waals surface area contributed by atoms with Crippen LogP contribution in [0.25, 0.3) is 16.2 Å². The third kappa shape index (κ3) is 4.18. The van der Waals surface area contributed by atoms with Gasteiger partial charge in [-0.2, -0.15) is 0 Å². The van der Waals surface area contributed by atoms with Gasteiger partial charge in [0.15, 0.2) is 4.96 Å². The van der Waals surface area contributed by atoms with E-state index in [2.05, 4.69) is 4.98 Å². The third-order valence-corrected chi connectivity index (χ3v) is 5.45. The molecule has 0 saturated heterocycles. The highest BCUT2D eigenvalue weighted by Gasteiger charge is 2.22. The second-order valence-electron chi connectivity index (χ2n) is 6.08. The first-order valence-electron chi connectivity index (χ1n) is 8.56. The lowest BCUT2D eigenvalue weighted by atomic mass is 10.2. The van der Waals surface area contributed by atoms with Gasteiger partial charge in [0.1, 0.15) is 10.7 Å². The molecule has 3 aromatic rings. The van der Waals surface area contributed by atoms with Gasteiger partial charge in [0.25, 0.3) is 5.91 Å². The fourth-order valence-corrected chi connectivity index (χ4v) is 3.85. The van der Waals surface area contributed by atoms with Crippen LogP contribution in [0.15, 0.2) is 30.5 Å². The van der Waals surface area contributed by atoms with Gasteiger partial charge in [-0.25, -0.2) is 9.37 Å². The van der Waals surface area contributed by atoms with Gasteiger partial charge >= 0.3 is 0 Å². The smallest absolute Gasteiger partial charge is 0.266 e. The van der Waals surface area contributed by atoms with Gasteiger partial charge in [-0.15, -0.1) is 0 Å². The molecule has 8 heteroatoms. The van der Waals surface area contributed by atoms with Crippen LogP contribution in [0.5, 0.6) is 0 Å². The van der Waals surface area contributed by atoms with Gasteiger partial charge in [-0.3, -0.25) is 9.20 Å². The van der Waals surface area contributed by atoms with Gasteiger partial charge in [0.05, 0.1) is 18.9 Å². The molecular weight excluding hydrogens is 369 g/mol. The summed E-state index contributed by atoms with van der Waals surface area (Å²) in [6.07, 6.45) is 1.87. The van der Waals surface area contributed by atoms with Crippen molar-refractivity contribution in [3.63, 3.8) is 0 Å². The first-order chi connectivity index (χ1) is 13.0. The molecule has 0 fully saturated rings. The van der Waals surface area contributed by atoms with Gasteiger partial charge in [0, 0.05) is 44.8 Å². The Morgan fingerprint density at radius 1 is 1.19 bits per heavy atom. The van der Waals surface area contributed by atoms with E-state index in [0.717, 1.165) is 21.9 Å². The van der Waals surface area contributed by atoms with E-state index in [4.69, 9.17) is 9.47 Å². The van der Waals surface area contributed by atoms with Crippen LogP contribution in [0.2, 0.25) is 0 Å². The minimum Gasteiger partial charge on any atom is -0.383 e. The Bertz CT molecular complexity index is 912. The first kappa shape index (κ1) is 19.5. The summed E-state index contributed by atoms with van der Waals surface area (Å²) in [5.74, 6) is -0.337. The second kappa shape index (κ2) is 8.60. The van der Waals surface area contributed by atoms with Crippen LogP contribution in [-0.4, -0.2) is 60.7 Å². The Labute approximate surface area is 161 Å². The molecule has 2 heterocycles. The zero-order chi connectivity index (χ0) is 19.4. The molecule has 0 unspecified atom stereocenters. The number of hydrogen-bond acceptors (Lipinski definition) is 5. The standard InChI is InChI=1S/C19H22FN3O3S/c1-13-17(18(24)22(8-10-25-2)9-11-26-3)27-19-21-16(12-23(13)19)14-4-6-15(20)7-5-14/h4-7,12H,8-11H2,1-3H3. The monoisotopic (exact) mass is 391 g/mol. The average Bonchev–Trinajstić information content (AvgIpc) is 3.21. The Kier molecular flexibility index (Phi) is 6.20. The fraction of sp³-hybridized carbons (Fsp3) is 0.368. The van der Waals surface area contributed by atoms with Gasteiger partial charge in [-0.05, 0) is 31.2 Å². The highest BCUT2D eigenvalue weighted by molar-refractivity contribution is 7.19. The van der Waals surface area contributed by atoms with Gasteiger partial charge < -0.3 is 14.4 Å². The van der Waals surface area contributed by atoms with E-state index in [1.54, 1.807) is 31.3 Å². The lowest BCUT2D eigenvalue weighted by Crippen LogP contribution is -2.36. The molecule has 6 nitrogen and oxygen atoms in total. The summed E-state index contributed by atoms with van der Waals surface area (Å²) in [6, 6.07) is 6.21. The SMILES string of the molecule is COCCN(CCOC)C(=O)c1sc2nc(-c3ccc(F)cc3)cn2c1C. The zero-order valence-electron chi connectivity index (χ0n) is 15.6. The van der Waals surface area contributed by atoms with E-state index in [1.807, 2.05) is 17.5 Å². The van der Waals surface area contributed by atoms with Crippen molar-refractivity contribution < 1.29 is 18.7 Å². The number of rotatable bonds is 8. The second-order valence-corrected chi connectivity index (χ2v) is 7.06. The molecule has 0 aliphatic carbocycles. The lowest BCUT2D eigenvalue weighted by Gasteiger charge is -2.21. The number of carbonyl (C=O) groups is 1. The maximum atomic E-state index is 13.1. The van der Waals surface area contributed by atoms with Crippen LogP contribution in [0.4, 0.5) is 4.39 Å². The number of aryl methyl sites for hydroxylation is 1. The summed E-state index contributed by atoms with van der Waals surface area (Å²) < 4.78 is 25.2. The molecular formula is C19H22FN3O3S.